The third-order valence-electron chi connectivity index (χ3n) is 2.30. The van der Waals surface area contributed by atoms with Crippen LogP contribution < -0.4 is 4.74 Å². The van der Waals surface area contributed by atoms with Crippen LogP contribution in [-0.2, 0) is 0 Å². The van der Waals surface area contributed by atoms with E-state index >= 15 is 0 Å². The van der Waals surface area contributed by atoms with Crippen LogP contribution in [0.2, 0.25) is 0 Å². The van der Waals surface area contributed by atoms with Gasteiger partial charge >= 0.3 is 0 Å². The molecule has 0 bridgehead atoms. The van der Waals surface area contributed by atoms with Crippen molar-refractivity contribution in [3.63, 3.8) is 0 Å². The molecule has 0 atom stereocenters. The highest BCUT2D eigenvalue weighted by molar-refractivity contribution is 9.10. The third-order valence-corrected chi connectivity index (χ3v) is 2.99. The molecule has 0 saturated carbocycles. The van der Waals surface area contributed by atoms with Crippen molar-refractivity contribution in [2.24, 2.45) is 4.99 Å². The molecule has 1 aliphatic rings. The maximum absolute atomic E-state index is 5.34. The molecule has 0 N–H and O–H groups in total. The zero-order valence-electron chi connectivity index (χ0n) is 7.20. The van der Waals surface area contributed by atoms with Gasteiger partial charge in [0.25, 0.3) is 0 Å². The molecule has 0 radical (unpaired) electrons. The van der Waals surface area contributed by atoms with E-state index in [4.69, 9.17) is 4.74 Å². The van der Waals surface area contributed by atoms with Gasteiger partial charge in [0.2, 0.25) is 0 Å². The van der Waals surface area contributed by atoms with Gasteiger partial charge in [0.1, 0.15) is 5.75 Å². The molecule has 14 heavy (non-hydrogen) atoms. The molecule has 0 aliphatic carbocycles. The SMILES string of the molecule is Brc1ccc2c3c(cccc13)OC=N2. The Bertz CT molecular complexity index is 548. The van der Waals surface area contributed by atoms with E-state index in [-0.39, 0.29) is 0 Å². The van der Waals surface area contributed by atoms with Crippen LogP contribution in [0.15, 0.2) is 39.8 Å². The van der Waals surface area contributed by atoms with Crippen LogP contribution in [0.5, 0.6) is 5.75 Å². The standard InChI is InChI=1S/C11H6BrNO/c12-8-4-5-9-11-7(8)2-1-3-10(11)14-6-13-9/h1-6H. The van der Waals surface area contributed by atoms with Crippen molar-refractivity contribution in [1.29, 1.82) is 0 Å². The van der Waals surface area contributed by atoms with Crippen LogP contribution in [-0.4, -0.2) is 6.40 Å². The van der Waals surface area contributed by atoms with Gasteiger partial charge in [-0.3, -0.25) is 0 Å². The Morgan fingerprint density at radius 3 is 3.00 bits per heavy atom. The zero-order chi connectivity index (χ0) is 9.54. The smallest absolute Gasteiger partial charge is 0.181 e. The van der Waals surface area contributed by atoms with E-state index in [0.29, 0.717) is 0 Å². The summed E-state index contributed by atoms with van der Waals surface area (Å²) >= 11 is 3.51. The van der Waals surface area contributed by atoms with Gasteiger partial charge in [0.05, 0.1) is 11.1 Å². The van der Waals surface area contributed by atoms with Gasteiger partial charge in [-0.05, 0) is 18.2 Å². The van der Waals surface area contributed by atoms with Crippen molar-refractivity contribution in [1.82, 2.24) is 0 Å². The summed E-state index contributed by atoms with van der Waals surface area (Å²) in [5, 5.41) is 2.21. The van der Waals surface area contributed by atoms with Crippen molar-refractivity contribution in [2.45, 2.75) is 0 Å². The molecule has 3 rings (SSSR count). The maximum Gasteiger partial charge on any atom is 0.181 e. The predicted octanol–water partition coefficient (Wildman–Crippen LogP) is 3.65. The minimum Gasteiger partial charge on any atom is -0.445 e. The first kappa shape index (κ1) is 8.00. The number of aliphatic imine (C=N–C) groups is 1. The zero-order valence-corrected chi connectivity index (χ0v) is 8.78. The largest absolute Gasteiger partial charge is 0.445 e. The average molecular weight is 248 g/mol. The van der Waals surface area contributed by atoms with Crippen LogP contribution >= 0.6 is 15.9 Å². The molecule has 2 nitrogen and oxygen atoms in total. The minimum atomic E-state index is 0.869. The summed E-state index contributed by atoms with van der Waals surface area (Å²) in [5.74, 6) is 0.869. The van der Waals surface area contributed by atoms with Crippen LogP contribution in [0.1, 0.15) is 0 Å². The van der Waals surface area contributed by atoms with E-state index in [0.717, 1.165) is 26.7 Å². The molecular formula is C11H6BrNO. The molecule has 1 heterocycles. The highest BCUT2D eigenvalue weighted by Gasteiger charge is 2.11. The molecule has 0 spiro atoms. The van der Waals surface area contributed by atoms with Crippen molar-refractivity contribution in [2.75, 3.05) is 0 Å². The highest BCUT2D eigenvalue weighted by Crippen LogP contribution is 2.39. The summed E-state index contributed by atoms with van der Waals surface area (Å²) in [4.78, 5) is 4.18. The fourth-order valence-corrected chi connectivity index (χ4v) is 2.13. The molecular weight excluding hydrogens is 242 g/mol. The van der Waals surface area contributed by atoms with E-state index in [2.05, 4.69) is 27.0 Å². The second-order valence-electron chi connectivity index (χ2n) is 3.10. The lowest BCUT2D eigenvalue weighted by Gasteiger charge is -2.12. The Kier molecular flexibility index (Phi) is 1.61. The highest BCUT2D eigenvalue weighted by atomic mass is 79.9. The summed E-state index contributed by atoms with van der Waals surface area (Å²) in [7, 11) is 0. The predicted molar refractivity (Wildman–Crippen MR) is 60.4 cm³/mol. The lowest BCUT2D eigenvalue weighted by Crippen LogP contribution is -1.95. The van der Waals surface area contributed by atoms with Crippen LogP contribution in [0.25, 0.3) is 10.8 Å². The van der Waals surface area contributed by atoms with E-state index < -0.39 is 0 Å². The quantitative estimate of drug-likeness (QED) is 0.697. The van der Waals surface area contributed by atoms with Gasteiger partial charge in [0.15, 0.2) is 6.40 Å². The number of benzene rings is 2. The van der Waals surface area contributed by atoms with Crippen LogP contribution in [0.4, 0.5) is 5.69 Å². The minimum absolute atomic E-state index is 0.869. The molecule has 1 aliphatic heterocycles. The van der Waals surface area contributed by atoms with E-state index in [1.807, 2.05) is 24.3 Å². The number of ether oxygens (including phenoxy) is 1. The van der Waals surface area contributed by atoms with Crippen molar-refractivity contribution in [3.05, 3.63) is 34.8 Å². The number of hydrogen-bond donors (Lipinski definition) is 0. The first-order valence-electron chi connectivity index (χ1n) is 4.27. The second-order valence-corrected chi connectivity index (χ2v) is 3.95. The molecule has 0 aromatic heterocycles. The van der Waals surface area contributed by atoms with Gasteiger partial charge in [-0.25, -0.2) is 4.99 Å². The Balaban J connectivity index is 2.56. The molecule has 3 heteroatoms. The summed E-state index contributed by atoms with van der Waals surface area (Å²) < 4.78 is 6.41. The number of halogens is 1. The molecule has 0 fully saturated rings. The Morgan fingerprint density at radius 1 is 1.14 bits per heavy atom. The average Bonchev–Trinajstić information content (AvgIpc) is 2.24. The fraction of sp³-hybridized carbons (Fsp3) is 0. The Hall–Kier alpha value is -1.35. The maximum atomic E-state index is 5.34. The van der Waals surface area contributed by atoms with Crippen LogP contribution in [0.3, 0.4) is 0 Å². The van der Waals surface area contributed by atoms with Gasteiger partial charge in [0, 0.05) is 9.86 Å². The van der Waals surface area contributed by atoms with Crippen molar-refractivity contribution in [3.8, 4) is 5.75 Å². The fourth-order valence-electron chi connectivity index (χ4n) is 1.67. The van der Waals surface area contributed by atoms with Crippen molar-refractivity contribution >= 4 is 38.8 Å². The van der Waals surface area contributed by atoms with Crippen molar-refractivity contribution < 1.29 is 4.74 Å². The molecule has 0 amide bonds. The molecule has 68 valence electrons. The lowest BCUT2D eigenvalue weighted by molar-refractivity contribution is 0.577. The molecule has 2 aromatic rings. The second kappa shape index (κ2) is 2.82. The topological polar surface area (TPSA) is 21.6 Å². The molecule has 2 aromatic carbocycles. The van der Waals surface area contributed by atoms with Gasteiger partial charge < -0.3 is 4.74 Å². The molecule has 0 unspecified atom stereocenters. The first-order chi connectivity index (χ1) is 6.86. The first-order valence-corrected chi connectivity index (χ1v) is 5.06. The summed E-state index contributed by atoms with van der Waals surface area (Å²) in [6.07, 6.45) is 1.48. The summed E-state index contributed by atoms with van der Waals surface area (Å²) in [5.41, 5.74) is 0.963. The normalized spacial score (nSPS) is 12.9. The van der Waals surface area contributed by atoms with Gasteiger partial charge in [-0.15, -0.1) is 0 Å². The number of nitrogens with zero attached hydrogens (tertiary/aromatic N) is 1. The Labute approximate surface area is 89.3 Å². The third kappa shape index (κ3) is 0.990. The van der Waals surface area contributed by atoms with E-state index in [1.54, 1.807) is 0 Å². The number of rotatable bonds is 0. The summed E-state index contributed by atoms with van der Waals surface area (Å²) in [6, 6.07) is 9.96. The van der Waals surface area contributed by atoms with Crippen LogP contribution in [0, 0.1) is 0 Å². The number of hydrogen-bond acceptors (Lipinski definition) is 2. The van der Waals surface area contributed by atoms with E-state index in [9.17, 15) is 0 Å². The summed E-state index contributed by atoms with van der Waals surface area (Å²) in [6.45, 7) is 0. The van der Waals surface area contributed by atoms with E-state index in [1.165, 1.54) is 6.40 Å². The lowest BCUT2D eigenvalue weighted by atomic mass is 10.1. The van der Waals surface area contributed by atoms with Gasteiger partial charge in [-0.2, -0.15) is 0 Å². The Morgan fingerprint density at radius 2 is 2.07 bits per heavy atom. The monoisotopic (exact) mass is 247 g/mol. The van der Waals surface area contributed by atoms with Gasteiger partial charge in [-0.1, -0.05) is 28.1 Å². The molecule has 0 saturated heterocycles.